The molecule has 1 aliphatic rings. The van der Waals surface area contributed by atoms with Gasteiger partial charge in [0.05, 0.1) is 5.56 Å². The molecule has 0 bridgehead atoms. The van der Waals surface area contributed by atoms with E-state index in [1.165, 1.54) is 12.3 Å². The number of aromatic amines is 1. The lowest BCUT2D eigenvalue weighted by Gasteiger charge is -2.24. The first-order valence-corrected chi connectivity index (χ1v) is 7.50. The number of carbonyl (C=O) groups excluding carboxylic acids is 1. The van der Waals surface area contributed by atoms with Gasteiger partial charge in [0.1, 0.15) is 0 Å². The molecule has 1 aromatic rings. The first kappa shape index (κ1) is 15.7. The van der Waals surface area contributed by atoms with Gasteiger partial charge in [0, 0.05) is 38.4 Å². The number of pyridine rings is 1. The maximum atomic E-state index is 12.4. The number of hydrogen-bond acceptors (Lipinski definition) is 4. The summed E-state index contributed by atoms with van der Waals surface area (Å²) in [6.45, 7) is 7.17. The van der Waals surface area contributed by atoms with E-state index in [9.17, 15) is 9.59 Å². The van der Waals surface area contributed by atoms with Crippen molar-refractivity contribution in [2.75, 3.05) is 39.3 Å². The standard InChI is InChI=1S/C15H24N4O2/c1-12(9-16)11-18-5-2-6-19(8-7-18)15(21)13-3-4-14(20)17-10-13/h3-4,10,12H,2,5-9,11,16H2,1H3,(H,17,20). The zero-order valence-electron chi connectivity index (χ0n) is 12.5. The van der Waals surface area contributed by atoms with Crippen LogP contribution in [0.3, 0.4) is 0 Å². The van der Waals surface area contributed by atoms with E-state index in [0.717, 1.165) is 39.1 Å². The molecule has 0 aliphatic carbocycles. The largest absolute Gasteiger partial charge is 0.337 e. The van der Waals surface area contributed by atoms with Crippen LogP contribution in [0.2, 0.25) is 0 Å². The molecule has 2 rings (SSSR count). The molecule has 0 saturated carbocycles. The summed E-state index contributed by atoms with van der Waals surface area (Å²) in [5.41, 5.74) is 6.02. The average Bonchev–Trinajstić information content (AvgIpc) is 2.73. The highest BCUT2D eigenvalue weighted by Gasteiger charge is 2.20. The van der Waals surface area contributed by atoms with Gasteiger partial charge in [-0.3, -0.25) is 9.59 Å². The SMILES string of the molecule is CC(CN)CN1CCCN(C(=O)c2ccc(=O)[nH]c2)CC1. The minimum Gasteiger partial charge on any atom is -0.337 e. The van der Waals surface area contributed by atoms with Gasteiger partial charge in [-0.1, -0.05) is 6.92 Å². The summed E-state index contributed by atoms with van der Waals surface area (Å²) in [6.07, 6.45) is 2.45. The van der Waals surface area contributed by atoms with E-state index in [4.69, 9.17) is 5.73 Å². The molecule has 1 aliphatic heterocycles. The normalized spacial score (nSPS) is 18.3. The Labute approximate surface area is 124 Å². The lowest BCUT2D eigenvalue weighted by molar-refractivity contribution is 0.0760. The first-order chi connectivity index (χ1) is 10.1. The van der Waals surface area contributed by atoms with Crippen LogP contribution in [0, 0.1) is 5.92 Å². The van der Waals surface area contributed by atoms with E-state index < -0.39 is 0 Å². The highest BCUT2D eigenvalue weighted by Crippen LogP contribution is 2.09. The van der Waals surface area contributed by atoms with Crippen molar-refractivity contribution in [3.05, 3.63) is 34.2 Å². The molecule has 116 valence electrons. The smallest absolute Gasteiger partial charge is 0.255 e. The van der Waals surface area contributed by atoms with Crippen molar-refractivity contribution in [1.82, 2.24) is 14.8 Å². The van der Waals surface area contributed by atoms with Gasteiger partial charge in [-0.05, 0) is 31.5 Å². The second kappa shape index (κ2) is 7.38. The summed E-state index contributed by atoms with van der Waals surface area (Å²) >= 11 is 0. The van der Waals surface area contributed by atoms with E-state index in [0.29, 0.717) is 18.0 Å². The van der Waals surface area contributed by atoms with Gasteiger partial charge in [-0.25, -0.2) is 0 Å². The van der Waals surface area contributed by atoms with Crippen molar-refractivity contribution in [3.8, 4) is 0 Å². The number of nitrogens with zero attached hydrogens (tertiary/aromatic N) is 2. The Balaban J connectivity index is 1.94. The third-order valence-corrected chi connectivity index (χ3v) is 3.88. The summed E-state index contributed by atoms with van der Waals surface area (Å²) < 4.78 is 0. The number of nitrogens with two attached hydrogens (primary N) is 1. The third-order valence-electron chi connectivity index (χ3n) is 3.88. The zero-order chi connectivity index (χ0) is 15.2. The zero-order valence-corrected chi connectivity index (χ0v) is 12.5. The molecular formula is C15H24N4O2. The molecule has 1 amide bonds. The van der Waals surface area contributed by atoms with Crippen LogP contribution in [0.15, 0.2) is 23.1 Å². The van der Waals surface area contributed by atoms with E-state index in [1.54, 1.807) is 6.07 Å². The monoisotopic (exact) mass is 292 g/mol. The quantitative estimate of drug-likeness (QED) is 0.825. The summed E-state index contributed by atoms with van der Waals surface area (Å²) in [4.78, 5) is 30.3. The maximum Gasteiger partial charge on any atom is 0.255 e. The van der Waals surface area contributed by atoms with Crippen molar-refractivity contribution < 1.29 is 4.79 Å². The number of H-pyrrole nitrogens is 1. The Morgan fingerprint density at radius 3 is 2.81 bits per heavy atom. The second-order valence-corrected chi connectivity index (χ2v) is 5.73. The molecule has 0 radical (unpaired) electrons. The summed E-state index contributed by atoms with van der Waals surface area (Å²) in [5, 5.41) is 0. The van der Waals surface area contributed by atoms with Crippen LogP contribution < -0.4 is 11.3 Å². The van der Waals surface area contributed by atoms with Gasteiger partial charge in [-0.2, -0.15) is 0 Å². The molecule has 6 nitrogen and oxygen atoms in total. The number of aromatic nitrogens is 1. The molecule has 3 N–H and O–H groups in total. The van der Waals surface area contributed by atoms with Crippen molar-refractivity contribution in [3.63, 3.8) is 0 Å². The van der Waals surface area contributed by atoms with Gasteiger partial charge in [-0.15, -0.1) is 0 Å². The van der Waals surface area contributed by atoms with Crippen molar-refractivity contribution in [1.29, 1.82) is 0 Å². The van der Waals surface area contributed by atoms with E-state index in [1.807, 2.05) is 4.90 Å². The Kier molecular flexibility index (Phi) is 5.52. The van der Waals surface area contributed by atoms with Crippen LogP contribution in [-0.2, 0) is 0 Å². The van der Waals surface area contributed by atoms with Gasteiger partial charge in [0.25, 0.3) is 5.91 Å². The fraction of sp³-hybridized carbons (Fsp3) is 0.600. The topological polar surface area (TPSA) is 82.4 Å². The van der Waals surface area contributed by atoms with Crippen molar-refractivity contribution in [2.24, 2.45) is 11.7 Å². The predicted molar refractivity (Wildman–Crippen MR) is 82.2 cm³/mol. The first-order valence-electron chi connectivity index (χ1n) is 7.50. The lowest BCUT2D eigenvalue weighted by Crippen LogP contribution is -2.37. The Morgan fingerprint density at radius 2 is 2.14 bits per heavy atom. The summed E-state index contributed by atoms with van der Waals surface area (Å²) in [5.74, 6) is 0.464. The molecule has 1 aromatic heterocycles. The minimum absolute atomic E-state index is 0.0139. The molecule has 1 unspecified atom stereocenters. The molecule has 1 fully saturated rings. The minimum atomic E-state index is -0.190. The number of carbonyl (C=O) groups is 1. The lowest BCUT2D eigenvalue weighted by atomic mass is 10.1. The molecular weight excluding hydrogens is 268 g/mol. The molecule has 0 spiro atoms. The fourth-order valence-electron chi connectivity index (χ4n) is 2.60. The highest BCUT2D eigenvalue weighted by atomic mass is 16.2. The van der Waals surface area contributed by atoms with Crippen LogP contribution in [0.1, 0.15) is 23.7 Å². The molecule has 6 heteroatoms. The molecule has 21 heavy (non-hydrogen) atoms. The van der Waals surface area contributed by atoms with Gasteiger partial charge >= 0.3 is 0 Å². The molecule has 2 heterocycles. The molecule has 1 saturated heterocycles. The van der Waals surface area contributed by atoms with Crippen LogP contribution in [0.25, 0.3) is 0 Å². The number of amides is 1. The van der Waals surface area contributed by atoms with E-state index in [-0.39, 0.29) is 11.5 Å². The third kappa shape index (κ3) is 4.41. The van der Waals surface area contributed by atoms with Gasteiger partial charge < -0.3 is 20.5 Å². The molecule has 1 atom stereocenters. The Hall–Kier alpha value is -1.66. The second-order valence-electron chi connectivity index (χ2n) is 5.73. The van der Waals surface area contributed by atoms with Crippen LogP contribution in [0.4, 0.5) is 0 Å². The number of nitrogens with one attached hydrogen (secondary N) is 1. The summed E-state index contributed by atoms with van der Waals surface area (Å²) in [6, 6.07) is 2.97. The number of hydrogen-bond donors (Lipinski definition) is 2. The van der Waals surface area contributed by atoms with E-state index in [2.05, 4.69) is 16.8 Å². The number of rotatable bonds is 4. The summed E-state index contributed by atoms with van der Waals surface area (Å²) in [7, 11) is 0. The molecule has 0 aromatic carbocycles. The van der Waals surface area contributed by atoms with Crippen molar-refractivity contribution in [2.45, 2.75) is 13.3 Å². The van der Waals surface area contributed by atoms with Crippen LogP contribution >= 0.6 is 0 Å². The fourth-order valence-corrected chi connectivity index (χ4v) is 2.60. The van der Waals surface area contributed by atoms with E-state index >= 15 is 0 Å². The van der Waals surface area contributed by atoms with Crippen molar-refractivity contribution >= 4 is 5.91 Å². The van der Waals surface area contributed by atoms with Crippen LogP contribution in [0.5, 0.6) is 0 Å². The average molecular weight is 292 g/mol. The maximum absolute atomic E-state index is 12.4. The Morgan fingerprint density at radius 1 is 1.33 bits per heavy atom. The van der Waals surface area contributed by atoms with Gasteiger partial charge in [0.2, 0.25) is 5.56 Å². The Bertz CT molecular complexity index is 508. The highest BCUT2D eigenvalue weighted by molar-refractivity contribution is 5.93. The predicted octanol–water partition coefficient (Wildman–Crippen LogP) is 0.118. The van der Waals surface area contributed by atoms with Crippen LogP contribution in [-0.4, -0.2) is 60.0 Å². The van der Waals surface area contributed by atoms with Gasteiger partial charge in [0.15, 0.2) is 0 Å².